The smallest absolute Gasteiger partial charge is 0.222 e. The van der Waals surface area contributed by atoms with E-state index in [1.165, 1.54) is 27.6 Å². The number of aromatic nitrogens is 1. The molecule has 6 nitrogen and oxygen atoms in total. The Morgan fingerprint density at radius 1 is 1.09 bits per heavy atom. The van der Waals surface area contributed by atoms with Crippen molar-refractivity contribution < 1.29 is 4.79 Å². The van der Waals surface area contributed by atoms with Gasteiger partial charge in [-0.15, -0.1) is 0 Å². The number of carbonyl (C=O) groups excluding carboxylic acids is 1. The summed E-state index contributed by atoms with van der Waals surface area (Å²) < 4.78 is 0. The van der Waals surface area contributed by atoms with Crippen molar-refractivity contribution in [2.45, 2.75) is 39.2 Å². The summed E-state index contributed by atoms with van der Waals surface area (Å²) in [4.78, 5) is 22.6. The number of guanidine groups is 1. The summed E-state index contributed by atoms with van der Waals surface area (Å²) in [6.07, 6.45) is 5.26. The predicted molar refractivity (Wildman–Crippen MR) is 131 cm³/mol. The molecule has 6 heteroatoms. The molecule has 3 N–H and O–H groups in total. The Balaban J connectivity index is 1.21. The SMILES string of the molecule is CCNC(=NCCCC(=O)N1CCc2ccccc2C1)NCCc1c[nH]c2ccccc12. The highest BCUT2D eigenvalue weighted by Crippen LogP contribution is 2.19. The average Bonchev–Trinajstić information content (AvgIpc) is 3.24. The Hall–Kier alpha value is -3.28. The highest BCUT2D eigenvalue weighted by atomic mass is 16.2. The average molecular weight is 432 g/mol. The molecule has 0 aliphatic carbocycles. The van der Waals surface area contributed by atoms with Crippen LogP contribution in [0.1, 0.15) is 36.5 Å². The number of amides is 1. The first kappa shape index (κ1) is 21.9. The number of benzene rings is 2. The van der Waals surface area contributed by atoms with Crippen molar-refractivity contribution in [3.8, 4) is 0 Å². The van der Waals surface area contributed by atoms with Gasteiger partial charge in [-0.3, -0.25) is 9.79 Å². The molecule has 0 fully saturated rings. The van der Waals surface area contributed by atoms with Crippen molar-refractivity contribution in [1.29, 1.82) is 0 Å². The number of nitrogens with zero attached hydrogens (tertiary/aromatic N) is 2. The van der Waals surface area contributed by atoms with Gasteiger partial charge in [0.25, 0.3) is 0 Å². The van der Waals surface area contributed by atoms with Crippen LogP contribution in [0.5, 0.6) is 0 Å². The van der Waals surface area contributed by atoms with E-state index in [0.717, 1.165) is 51.4 Å². The summed E-state index contributed by atoms with van der Waals surface area (Å²) in [5.74, 6) is 1.04. The lowest BCUT2D eigenvalue weighted by Crippen LogP contribution is -2.38. The van der Waals surface area contributed by atoms with Crippen LogP contribution in [-0.2, 0) is 24.2 Å². The highest BCUT2D eigenvalue weighted by molar-refractivity contribution is 5.83. The van der Waals surface area contributed by atoms with Gasteiger partial charge in [0.1, 0.15) is 0 Å². The number of rotatable bonds is 8. The van der Waals surface area contributed by atoms with E-state index >= 15 is 0 Å². The summed E-state index contributed by atoms with van der Waals surface area (Å²) >= 11 is 0. The Labute approximate surface area is 190 Å². The van der Waals surface area contributed by atoms with E-state index in [4.69, 9.17) is 0 Å². The van der Waals surface area contributed by atoms with Gasteiger partial charge in [0.05, 0.1) is 0 Å². The van der Waals surface area contributed by atoms with E-state index in [2.05, 4.69) is 76.2 Å². The van der Waals surface area contributed by atoms with Gasteiger partial charge >= 0.3 is 0 Å². The maximum absolute atomic E-state index is 12.6. The van der Waals surface area contributed by atoms with E-state index in [1.807, 2.05) is 11.0 Å². The van der Waals surface area contributed by atoms with Crippen molar-refractivity contribution >= 4 is 22.8 Å². The molecule has 0 radical (unpaired) electrons. The number of aliphatic imine (C=N–C) groups is 1. The maximum Gasteiger partial charge on any atom is 0.222 e. The number of aromatic amines is 1. The van der Waals surface area contributed by atoms with Crippen LogP contribution in [0.25, 0.3) is 10.9 Å². The Bertz CT molecular complexity index is 1070. The molecule has 1 aliphatic heterocycles. The molecule has 1 aromatic heterocycles. The van der Waals surface area contributed by atoms with Crippen molar-refractivity contribution in [1.82, 2.24) is 20.5 Å². The van der Waals surface area contributed by atoms with Gasteiger partial charge < -0.3 is 20.5 Å². The molecule has 1 aliphatic rings. The zero-order chi connectivity index (χ0) is 22.2. The van der Waals surface area contributed by atoms with Crippen LogP contribution in [-0.4, -0.2) is 47.9 Å². The Kier molecular flexibility index (Phi) is 7.43. The first-order valence-electron chi connectivity index (χ1n) is 11.7. The molecule has 4 rings (SSSR count). The normalized spacial score (nSPS) is 13.8. The summed E-state index contributed by atoms with van der Waals surface area (Å²) in [6, 6.07) is 16.8. The third kappa shape index (κ3) is 5.49. The second-order valence-corrected chi connectivity index (χ2v) is 8.23. The molecule has 168 valence electrons. The largest absolute Gasteiger partial charge is 0.361 e. The lowest BCUT2D eigenvalue weighted by atomic mass is 9.99. The molecule has 1 amide bonds. The minimum absolute atomic E-state index is 0.229. The van der Waals surface area contributed by atoms with Crippen LogP contribution >= 0.6 is 0 Å². The fraction of sp³-hybridized carbons (Fsp3) is 0.385. The number of carbonyl (C=O) groups is 1. The second kappa shape index (κ2) is 10.8. The molecule has 3 aromatic rings. The highest BCUT2D eigenvalue weighted by Gasteiger charge is 2.19. The molecule has 2 aromatic carbocycles. The van der Waals surface area contributed by atoms with E-state index < -0.39 is 0 Å². The molecular formula is C26H33N5O. The zero-order valence-corrected chi connectivity index (χ0v) is 18.9. The number of nitrogens with one attached hydrogen (secondary N) is 3. The van der Waals surface area contributed by atoms with E-state index in [9.17, 15) is 4.79 Å². The third-order valence-electron chi connectivity index (χ3n) is 6.01. The summed E-state index contributed by atoms with van der Waals surface area (Å²) in [6.45, 7) is 5.87. The molecule has 0 unspecified atom stereocenters. The Morgan fingerprint density at radius 2 is 1.91 bits per heavy atom. The van der Waals surface area contributed by atoms with E-state index in [0.29, 0.717) is 13.0 Å². The van der Waals surface area contributed by atoms with Gasteiger partial charge in [-0.05, 0) is 48.9 Å². The van der Waals surface area contributed by atoms with Crippen LogP contribution in [0.2, 0.25) is 0 Å². The minimum atomic E-state index is 0.229. The number of fused-ring (bicyclic) bond motifs is 2. The van der Waals surface area contributed by atoms with Gasteiger partial charge in [0, 0.05) is 56.2 Å². The zero-order valence-electron chi connectivity index (χ0n) is 18.9. The van der Waals surface area contributed by atoms with Crippen LogP contribution in [0.4, 0.5) is 0 Å². The van der Waals surface area contributed by atoms with E-state index in [-0.39, 0.29) is 5.91 Å². The summed E-state index contributed by atoms with van der Waals surface area (Å²) in [7, 11) is 0. The first-order valence-corrected chi connectivity index (χ1v) is 11.7. The van der Waals surface area contributed by atoms with Crippen LogP contribution < -0.4 is 10.6 Å². The van der Waals surface area contributed by atoms with Crippen molar-refractivity contribution in [3.05, 3.63) is 71.4 Å². The number of hydrogen-bond donors (Lipinski definition) is 3. The molecule has 0 saturated carbocycles. The van der Waals surface area contributed by atoms with Gasteiger partial charge in [0.15, 0.2) is 5.96 Å². The molecule has 2 heterocycles. The number of para-hydroxylation sites is 1. The standard InChI is InChI=1S/C26H33N5O/c1-2-27-26(29-16-13-21-18-30-24-11-6-5-10-23(21)24)28-15-7-12-25(32)31-17-14-20-8-3-4-9-22(20)19-31/h3-6,8-11,18,30H,2,7,12-17,19H2,1H3,(H2,27,28,29). The predicted octanol–water partition coefficient (Wildman–Crippen LogP) is 3.63. The van der Waals surface area contributed by atoms with E-state index in [1.54, 1.807) is 0 Å². The van der Waals surface area contributed by atoms with Gasteiger partial charge in [-0.1, -0.05) is 42.5 Å². The molecule has 32 heavy (non-hydrogen) atoms. The van der Waals surface area contributed by atoms with Crippen molar-refractivity contribution in [2.24, 2.45) is 4.99 Å². The molecule has 0 bridgehead atoms. The fourth-order valence-electron chi connectivity index (χ4n) is 4.28. The van der Waals surface area contributed by atoms with Gasteiger partial charge in [-0.2, -0.15) is 0 Å². The van der Waals surface area contributed by atoms with Crippen molar-refractivity contribution in [2.75, 3.05) is 26.2 Å². The number of H-pyrrole nitrogens is 1. The van der Waals surface area contributed by atoms with Crippen LogP contribution in [0.15, 0.2) is 59.7 Å². The lowest BCUT2D eigenvalue weighted by Gasteiger charge is -2.28. The second-order valence-electron chi connectivity index (χ2n) is 8.23. The lowest BCUT2D eigenvalue weighted by molar-refractivity contribution is -0.132. The summed E-state index contributed by atoms with van der Waals surface area (Å²) in [5, 5.41) is 7.99. The first-order chi connectivity index (χ1) is 15.7. The van der Waals surface area contributed by atoms with Crippen molar-refractivity contribution in [3.63, 3.8) is 0 Å². The molecule has 0 spiro atoms. The Morgan fingerprint density at radius 3 is 2.78 bits per heavy atom. The van der Waals surface area contributed by atoms with Crippen LogP contribution in [0, 0.1) is 0 Å². The molecular weight excluding hydrogens is 398 g/mol. The molecule has 0 atom stereocenters. The quantitative estimate of drug-likeness (QED) is 0.290. The van der Waals surface area contributed by atoms with Crippen LogP contribution in [0.3, 0.4) is 0 Å². The van der Waals surface area contributed by atoms with Gasteiger partial charge in [0.2, 0.25) is 5.91 Å². The van der Waals surface area contributed by atoms with Gasteiger partial charge in [-0.25, -0.2) is 0 Å². The topological polar surface area (TPSA) is 72.5 Å². The number of hydrogen-bond acceptors (Lipinski definition) is 2. The third-order valence-corrected chi connectivity index (χ3v) is 6.01. The molecule has 0 saturated heterocycles. The summed E-state index contributed by atoms with van der Waals surface area (Å²) in [5.41, 5.74) is 5.12. The minimum Gasteiger partial charge on any atom is -0.361 e. The maximum atomic E-state index is 12.6. The fourth-order valence-corrected chi connectivity index (χ4v) is 4.28. The monoisotopic (exact) mass is 431 g/mol.